The minimum atomic E-state index is 0.319. The Morgan fingerprint density at radius 1 is 1.11 bits per heavy atom. The molecule has 3 aliphatic rings. The molecule has 2 nitrogen and oxygen atoms in total. The third-order valence-corrected chi connectivity index (χ3v) is 5.58. The van der Waals surface area contributed by atoms with Crippen LogP contribution in [-0.2, 0) is 4.74 Å². The van der Waals surface area contributed by atoms with Crippen LogP contribution in [0.4, 0.5) is 0 Å². The van der Waals surface area contributed by atoms with E-state index in [0.717, 1.165) is 50.2 Å². The maximum atomic E-state index is 8.68. The van der Waals surface area contributed by atoms with Gasteiger partial charge in [-0.1, -0.05) is 13.8 Å². The average Bonchev–Trinajstić information content (AvgIpc) is 2.37. The van der Waals surface area contributed by atoms with E-state index >= 15 is 0 Å². The zero-order valence-electron chi connectivity index (χ0n) is 12.2. The van der Waals surface area contributed by atoms with E-state index in [-0.39, 0.29) is 0 Å². The predicted molar refractivity (Wildman–Crippen MR) is 74.5 cm³/mol. The van der Waals surface area contributed by atoms with E-state index in [1.807, 2.05) is 0 Å². The predicted octanol–water partition coefficient (Wildman–Crippen LogP) is 3.63. The van der Waals surface area contributed by atoms with Crippen LogP contribution in [-0.4, -0.2) is 24.9 Å². The molecule has 3 rings (SSSR count). The van der Waals surface area contributed by atoms with Crippen molar-refractivity contribution < 1.29 is 9.84 Å². The molecule has 0 aliphatic heterocycles. The summed E-state index contributed by atoms with van der Waals surface area (Å²) < 4.78 is 5.74. The summed E-state index contributed by atoms with van der Waals surface area (Å²) in [5, 5.41) is 8.68. The molecule has 0 radical (unpaired) electrons. The van der Waals surface area contributed by atoms with Crippen LogP contribution in [0, 0.1) is 23.2 Å². The lowest BCUT2D eigenvalue weighted by molar-refractivity contribution is -0.111. The third kappa shape index (κ3) is 3.08. The zero-order chi connectivity index (χ0) is 13.0. The topological polar surface area (TPSA) is 29.5 Å². The first kappa shape index (κ1) is 14.3. The van der Waals surface area contributed by atoms with Gasteiger partial charge in [-0.05, 0) is 68.1 Å². The molecular formula is C16H30O2. The Morgan fingerprint density at radius 2 is 1.94 bits per heavy atom. The second-order valence-corrected chi connectivity index (χ2v) is 6.88. The largest absolute Gasteiger partial charge is 0.396 e. The summed E-state index contributed by atoms with van der Waals surface area (Å²) in [6, 6.07) is 0. The third-order valence-electron chi connectivity index (χ3n) is 5.58. The van der Waals surface area contributed by atoms with E-state index in [9.17, 15) is 0 Å². The van der Waals surface area contributed by atoms with Gasteiger partial charge < -0.3 is 9.84 Å². The van der Waals surface area contributed by atoms with Crippen molar-refractivity contribution in [1.82, 2.24) is 0 Å². The Bertz CT molecular complexity index is 247. The monoisotopic (exact) mass is 254 g/mol. The lowest BCUT2D eigenvalue weighted by Gasteiger charge is -2.60. The van der Waals surface area contributed by atoms with Crippen LogP contribution in [0.15, 0.2) is 0 Å². The van der Waals surface area contributed by atoms with Crippen LogP contribution in [0.2, 0.25) is 0 Å². The maximum Gasteiger partial charge on any atom is 0.0468 e. The van der Waals surface area contributed by atoms with Gasteiger partial charge in [-0.25, -0.2) is 0 Å². The molecule has 2 heteroatoms. The Hall–Kier alpha value is -0.0800. The van der Waals surface area contributed by atoms with Gasteiger partial charge in [-0.15, -0.1) is 0 Å². The zero-order valence-corrected chi connectivity index (χ0v) is 12.2. The van der Waals surface area contributed by atoms with Gasteiger partial charge in [0.2, 0.25) is 0 Å². The highest BCUT2D eigenvalue weighted by Gasteiger charge is 2.53. The van der Waals surface area contributed by atoms with Crippen molar-refractivity contribution >= 4 is 0 Å². The van der Waals surface area contributed by atoms with Crippen molar-refractivity contribution in [2.24, 2.45) is 23.2 Å². The first-order chi connectivity index (χ1) is 8.66. The number of hydrogen-bond acceptors (Lipinski definition) is 2. The first-order valence-corrected chi connectivity index (χ1v) is 7.85. The smallest absolute Gasteiger partial charge is 0.0468 e. The van der Waals surface area contributed by atoms with Crippen molar-refractivity contribution in [3.63, 3.8) is 0 Å². The Morgan fingerprint density at radius 3 is 2.61 bits per heavy atom. The van der Waals surface area contributed by atoms with Crippen LogP contribution in [0.25, 0.3) is 0 Å². The summed E-state index contributed by atoms with van der Waals surface area (Å²) in [5.41, 5.74) is 0.615. The van der Waals surface area contributed by atoms with Crippen molar-refractivity contribution in [2.45, 2.75) is 58.8 Å². The number of fused-ring (bicyclic) bond motifs is 2. The highest BCUT2D eigenvalue weighted by atomic mass is 16.5. The van der Waals surface area contributed by atoms with Gasteiger partial charge in [0.1, 0.15) is 0 Å². The van der Waals surface area contributed by atoms with Crippen molar-refractivity contribution in [3.8, 4) is 0 Å². The number of aliphatic hydroxyl groups is 1. The molecule has 0 aromatic rings. The van der Waals surface area contributed by atoms with Gasteiger partial charge in [0.15, 0.2) is 0 Å². The lowest BCUT2D eigenvalue weighted by atomic mass is 9.45. The summed E-state index contributed by atoms with van der Waals surface area (Å²) in [5.74, 6) is 2.90. The fourth-order valence-electron chi connectivity index (χ4n) is 4.14. The molecule has 0 unspecified atom stereocenters. The Labute approximate surface area is 112 Å². The SMILES string of the molecule is CC1(C)[C@H]2CC[C@@H](CCOCCCCCO)[C@H]1C2. The highest BCUT2D eigenvalue weighted by molar-refractivity contribution is 5.03. The normalized spacial score (nSPS) is 33.2. The molecule has 2 bridgehead atoms. The summed E-state index contributed by atoms with van der Waals surface area (Å²) in [7, 11) is 0. The number of rotatable bonds is 8. The Balaban J connectivity index is 1.54. The van der Waals surface area contributed by atoms with E-state index in [2.05, 4.69) is 13.8 Å². The van der Waals surface area contributed by atoms with Gasteiger partial charge >= 0.3 is 0 Å². The van der Waals surface area contributed by atoms with E-state index in [0.29, 0.717) is 12.0 Å². The van der Waals surface area contributed by atoms with E-state index < -0.39 is 0 Å². The molecule has 3 saturated carbocycles. The maximum absolute atomic E-state index is 8.68. The van der Waals surface area contributed by atoms with Gasteiger partial charge in [-0.2, -0.15) is 0 Å². The van der Waals surface area contributed by atoms with E-state index in [1.54, 1.807) is 0 Å². The molecule has 0 aromatic heterocycles. The molecule has 3 fully saturated rings. The molecule has 18 heavy (non-hydrogen) atoms. The van der Waals surface area contributed by atoms with Crippen LogP contribution in [0.5, 0.6) is 0 Å². The highest BCUT2D eigenvalue weighted by Crippen LogP contribution is 2.61. The summed E-state index contributed by atoms with van der Waals surface area (Å²) in [4.78, 5) is 0. The fraction of sp³-hybridized carbons (Fsp3) is 1.00. The number of aliphatic hydroxyl groups excluding tert-OH is 1. The summed E-state index contributed by atoms with van der Waals surface area (Å²) in [6.45, 7) is 7.08. The molecule has 3 atom stereocenters. The van der Waals surface area contributed by atoms with Gasteiger partial charge in [-0.3, -0.25) is 0 Å². The molecule has 1 N–H and O–H groups in total. The summed E-state index contributed by atoms with van der Waals surface area (Å²) in [6.07, 6.45) is 8.75. The Kier molecular flexibility index (Phi) is 5.08. The van der Waals surface area contributed by atoms with Gasteiger partial charge in [0, 0.05) is 19.8 Å². The van der Waals surface area contributed by atoms with Gasteiger partial charge in [0.05, 0.1) is 0 Å². The molecule has 0 amide bonds. The molecule has 3 aliphatic carbocycles. The van der Waals surface area contributed by atoms with Crippen LogP contribution >= 0.6 is 0 Å². The molecule has 0 heterocycles. The van der Waals surface area contributed by atoms with Crippen molar-refractivity contribution in [1.29, 1.82) is 0 Å². The second kappa shape index (κ2) is 6.38. The van der Waals surface area contributed by atoms with Crippen LogP contribution in [0.1, 0.15) is 58.8 Å². The van der Waals surface area contributed by atoms with Crippen molar-refractivity contribution in [2.75, 3.05) is 19.8 Å². The number of ether oxygens (including phenoxy) is 1. The molecule has 106 valence electrons. The second-order valence-electron chi connectivity index (χ2n) is 6.88. The first-order valence-electron chi connectivity index (χ1n) is 7.85. The van der Waals surface area contributed by atoms with Crippen LogP contribution < -0.4 is 0 Å². The molecule has 0 saturated heterocycles. The standard InChI is InChI=1S/C16H30O2/c1-16(2)14-7-6-13(15(16)12-14)8-11-18-10-5-3-4-9-17/h13-15,17H,3-12H2,1-2H3/t13-,14-,15+/m0/s1. The molecule has 0 spiro atoms. The van der Waals surface area contributed by atoms with Gasteiger partial charge in [0.25, 0.3) is 0 Å². The van der Waals surface area contributed by atoms with Crippen LogP contribution in [0.3, 0.4) is 0 Å². The lowest BCUT2D eigenvalue weighted by Crippen LogP contribution is -2.52. The molecular weight excluding hydrogens is 224 g/mol. The number of unbranched alkanes of at least 4 members (excludes halogenated alkanes) is 2. The van der Waals surface area contributed by atoms with E-state index in [1.165, 1.54) is 25.7 Å². The number of hydrogen-bond donors (Lipinski definition) is 1. The average molecular weight is 254 g/mol. The fourth-order valence-corrected chi connectivity index (χ4v) is 4.14. The summed E-state index contributed by atoms with van der Waals surface area (Å²) >= 11 is 0. The minimum absolute atomic E-state index is 0.319. The van der Waals surface area contributed by atoms with E-state index in [4.69, 9.17) is 9.84 Å². The van der Waals surface area contributed by atoms with Crippen molar-refractivity contribution in [3.05, 3.63) is 0 Å². The minimum Gasteiger partial charge on any atom is -0.396 e. The molecule has 0 aromatic carbocycles. The quantitative estimate of drug-likeness (QED) is 0.670.